The Labute approximate surface area is 159 Å². The molecule has 1 fully saturated rings. The Morgan fingerprint density at radius 3 is 2.52 bits per heavy atom. The minimum Gasteiger partial charge on any atom is -0.324 e. The Morgan fingerprint density at radius 1 is 1.16 bits per heavy atom. The van der Waals surface area contributed by atoms with Crippen molar-refractivity contribution >= 4 is 58.2 Å². The maximum absolute atomic E-state index is 12.6. The van der Waals surface area contributed by atoms with E-state index in [1.165, 1.54) is 13.0 Å². The van der Waals surface area contributed by atoms with Gasteiger partial charge in [0.05, 0.1) is 21.9 Å². The topological polar surface area (TPSA) is 66.5 Å². The van der Waals surface area contributed by atoms with Crippen molar-refractivity contribution in [1.29, 1.82) is 0 Å². The van der Waals surface area contributed by atoms with Gasteiger partial charge in [0.2, 0.25) is 17.7 Å². The number of nitrogens with zero attached hydrogens (tertiary/aromatic N) is 1. The number of carbonyl (C=O) groups is 3. The number of amides is 3. The molecule has 1 heterocycles. The smallest absolute Gasteiger partial charge is 0.247 e. The van der Waals surface area contributed by atoms with Crippen molar-refractivity contribution in [2.45, 2.75) is 25.8 Å². The number of carbonyl (C=O) groups excluding carboxylic acids is 3. The lowest BCUT2D eigenvalue weighted by molar-refractivity contribution is -0.146. The highest BCUT2D eigenvalue weighted by Gasteiger charge is 2.51. The van der Waals surface area contributed by atoms with Crippen LogP contribution in [0.25, 0.3) is 0 Å². The molecule has 1 aliphatic heterocycles. The maximum atomic E-state index is 12.6. The van der Waals surface area contributed by atoms with Crippen LogP contribution in [0.4, 0.5) is 5.69 Å². The molecule has 1 aromatic rings. The Balaban J connectivity index is 1.75. The van der Waals surface area contributed by atoms with Gasteiger partial charge < -0.3 is 5.32 Å². The zero-order valence-electron chi connectivity index (χ0n) is 13.3. The normalized spacial score (nSPS) is 24.0. The molecule has 1 aliphatic carbocycles. The quantitative estimate of drug-likeness (QED) is 0.783. The fourth-order valence-electron chi connectivity index (χ4n) is 3.17. The summed E-state index contributed by atoms with van der Waals surface area (Å²) in [4.78, 5) is 38.7. The molecule has 0 bridgehead atoms. The van der Waals surface area contributed by atoms with Gasteiger partial charge in [-0.1, -0.05) is 40.9 Å². The predicted molar refractivity (Wildman–Crippen MR) is 96.6 cm³/mol. The van der Waals surface area contributed by atoms with Gasteiger partial charge in [0.1, 0.15) is 6.04 Å². The van der Waals surface area contributed by atoms with Crippen LogP contribution in [0.2, 0.25) is 10.0 Å². The standard InChI is InChI=1S/C17H15Cl3N2O3/c1-8(15(23)21-10-3-5-13(19)14(20)7-10)22-16(24)11-4-2-9(18)6-12(11)17(22)25/h2-3,5,7-8,11-12H,4,6H2,1H3,(H,21,23)/t8-,11+,12-/m1/s1. The number of imide groups is 1. The fourth-order valence-corrected chi connectivity index (χ4v) is 3.73. The van der Waals surface area contributed by atoms with E-state index in [2.05, 4.69) is 5.32 Å². The molecule has 3 atom stereocenters. The van der Waals surface area contributed by atoms with Gasteiger partial charge in [-0.05, 0) is 38.0 Å². The van der Waals surface area contributed by atoms with Crippen molar-refractivity contribution in [3.63, 3.8) is 0 Å². The molecule has 132 valence electrons. The molecule has 25 heavy (non-hydrogen) atoms. The summed E-state index contributed by atoms with van der Waals surface area (Å²) in [6.07, 6.45) is 2.53. The molecule has 1 N–H and O–H groups in total. The Hall–Kier alpha value is -1.56. The van der Waals surface area contributed by atoms with Crippen molar-refractivity contribution < 1.29 is 14.4 Å². The third-order valence-corrected chi connectivity index (χ3v) is 5.60. The van der Waals surface area contributed by atoms with Crippen molar-refractivity contribution in [2.75, 3.05) is 5.32 Å². The van der Waals surface area contributed by atoms with Crippen LogP contribution in [-0.2, 0) is 14.4 Å². The molecule has 0 aromatic heterocycles. The molecular formula is C17H15Cl3N2O3. The summed E-state index contributed by atoms with van der Waals surface area (Å²) in [6, 6.07) is 3.72. The van der Waals surface area contributed by atoms with Crippen molar-refractivity contribution in [2.24, 2.45) is 11.8 Å². The number of likely N-dealkylation sites (tertiary alicyclic amines) is 1. The first kappa shape index (κ1) is 18.2. The van der Waals surface area contributed by atoms with Crippen molar-refractivity contribution in [3.05, 3.63) is 39.4 Å². The van der Waals surface area contributed by atoms with Crippen LogP contribution in [0.3, 0.4) is 0 Å². The third kappa shape index (κ3) is 3.41. The number of hydrogen-bond acceptors (Lipinski definition) is 3. The van der Waals surface area contributed by atoms with Gasteiger partial charge in [0.15, 0.2) is 0 Å². The minimum atomic E-state index is -0.932. The van der Waals surface area contributed by atoms with Gasteiger partial charge in [-0.25, -0.2) is 0 Å². The molecule has 2 aliphatic rings. The average molecular weight is 402 g/mol. The lowest BCUT2D eigenvalue weighted by Crippen LogP contribution is -2.46. The van der Waals surface area contributed by atoms with E-state index in [0.29, 0.717) is 33.6 Å². The van der Waals surface area contributed by atoms with Crippen molar-refractivity contribution in [1.82, 2.24) is 4.90 Å². The van der Waals surface area contributed by atoms with Gasteiger partial charge in [-0.15, -0.1) is 0 Å². The number of hydrogen-bond donors (Lipinski definition) is 1. The Morgan fingerprint density at radius 2 is 1.84 bits per heavy atom. The summed E-state index contributed by atoms with van der Waals surface area (Å²) in [5.41, 5.74) is 0.437. The lowest BCUT2D eigenvalue weighted by atomic mass is 9.85. The molecular weight excluding hydrogens is 387 g/mol. The Bertz CT molecular complexity index is 793. The third-order valence-electron chi connectivity index (χ3n) is 4.56. The number of rotatable bonds is 3. The molecule has 3 rings (SSSR count). The number of allylic oxidation sites excluding steroid dienone is 2. The van der Waals surface area contributed by atoms with E-state index < -0.39 is 23.8 Å². The monoisotopic (exact) mass is 400 g/mol. The Kier molecular flexibility index (Phi) is 5.09. The van der Waals surface area contributed by atoms with Gasteiger partial charge in [-0.3, -0.25) is 19.3 Å². The van der Waals surface area contributed by atoms with E-state index in [9.17, 15) is 14.4 Å². The summed E-state index contributed by atoms with van der Waals surface area (Å²) in [7, 11) is 0. The predicted octanol–water partition coefficient (Wildman–Crippen LogP) is 3.84. The lowest BCUT2D eigenvalue weighted by Gasteiger charge is -2.22. The fraction of sp³-hybridized carbons (Fsp3) is 0.353. The largest absolute Gasteiger partial charge is 0.324 e. The molecule has 0 spiro atoms. The van der Waals surface area contributed by atoms with E-state index >= 15 is 0 Å². The molecule has 5 nitrogen and oxygen atoms in total. The number of anilines is 1. The van der Waals surface area contributed by atoms with Crippen LogP contribution >= 0.6 is 34.8 Å². The first-order chi connectivity index (χ1) is 11.8. The van der Waals surface area contributed by atoms with Crippen LogP contribution in [0.1, 0.15) is 19.8 Å². The van der Waals surface area contributed by atoms with E-state index in [4.69, 9.17) is 34.8 Å². The summed E-state index contributed by atoms with van der Waals surface area (Å²) < 4.78 is 0. The molecule has 1 aromatic carbocycles. The summed E-state index contributed by atoms with van der Waals surface area (Å²) in [5.74, 6) is -2.07. The molecule has 3 amide bonds. The van der Waals surface area contributed by atoms with Crippen molar-refractivity contribution in [3.8, 4) is 0 Å². The van der Waals surface area contributed by atoms with Crippen LogP contribution < -0.4 is 5.32 Å². The van der Waals surface area contributed by atoms with E-state index in [-0.39, 0.29) is 11.8 Å². The average Bonchev–Trinajstić information content (AvgIpc) is 2.81. The number of benzene rings is 1. The minimum absolute atomic E-state index is 0.298. The second-order valence-electron chi connectivity index (χ2n) is 6.14. The highest BCUT2D eigenvalue weighted by atomic mass is 35.5. The van der Waals surface area contributed by atoms with E-state index in [0.717, 1.165) is 4.90 Å². The second-order valence-corrected chi connectivity index (χ2v) is 7.44. The molecule has 0 unspecified atom stereocenters. The molecule has 0 saturated carbocycles. The van der Waals surface area contributed by atoms with Gasteiger partial charge >= 0.3 is 0 Å². The zero-order valence-corrected chi connectivity index (χ0v) is 15.5. The molecule has 8 heteroatoms. The van der Waals surface area contributed by atoms with Crippen LogP contribution in [0.5, 0.6) is 0 Å². The number of nitrogens with one attached hydrogen (secondary N) is 1. The number of halogens is 3. The van der Waals surface area contributed by atoms with Gasteiger partial charge in [-0.2, -0.15) is 0 Å². The maximum Gasteiger partial charge on any atom is 0.247 e. The summed E-state index contributed by atoms with van der Waals surface area (Å²) in [6.45, 7) is 1.52. The highest BCUT2D eigenvalue weighted by Crippen LogP contribution is 2.39. The molecule has 1 saturated heterocycles. The zero-order chi connectivity index (χ0) is 18.3. The first-order valence-corrected chi connectivity index (χ1v) is 8.90. The van der Waals surface area contributed by atoms with Crippen LogP contribution in [0, 0.1) is 11.8 Å². The molecule has 0 radical (unpaired) electrons. The van der Waals surface area contributed by atoms with Gasteiger partial charge in [0.25, 0.3) is 0 Å². The van der Waals surface area contributed by atoms with Crippen LogP contribution in [0.15, 0.2) is 29.3 Å². The first-order valence-electron chi connectivity index (χ1n) is 7.77. The van der Waals surface area contributed by atoms with E-state index in [1.54, 1.807) is 18.2 Å². The summed E-state index contributed by atoms with van der Waals surface area (Å²) >= 11 is 17.8. The van der Waals surface area contributed by atoms with Crippen LogP contribution in [-0.4, -0.2) is 28.7 Å². The second kappa shape index (κ2) is 6.98. The van der Waals surface area contributed by atoms with Gasteiger partial charge in [0, 0.05) is 10.7 Å². The SMILES string of the molecule is C[C@H](C(=O)Nc1ccc(Cl)c(Cl)c1)N1C(=O)[C@H]2CC=C(Cl)C[C@H]2C1=O. The number of fused-ring (bicyclic) bond motifs is 1. The highest BCUT2D eigenvalue weighted by molar-refractivity contribution is 6.42. The van der Waals surface area contributed by atoms with E-state index in [1.807, 2.05) is 0 Å². The summed E-state index contributed by atoms with van der Waals surface area (Å²) in [5, 5.41) is 3.90.